The van der Waals surface area contributed by atoms with Crippen LogP contribution in [-0.4, -0.2) is 49.3 Å². The van der Waals surface area contributed by atoms with Gasteiger partial charge in [-0.05, 0) is 17.5 Å². The van der Waals surface area contributed by atoms with Crippen molar-refractivity contribution in [2.45, 2.75) is 25.4 Å². The Morgan fingerprint density at radius 3 is 2.26 bits per heavy atom. The molecule has 0 aliphatic heterocycles. The monoisotopic (exact) mass is 330 g/mol. The molecule has 0 spiro atoms. The Hall–Kier alpha value is -2.05. The van der Waals surface area contributed by atoms with Crippen molar-refractivity contribution in [1.82, 2.24) is 9.80 Å². The molecule has 2 amide bonds. The summed E-state index contributed by atoms with van der Waals surface area (Å²) in [5.74, 6) is -0.876. The van der Waals surface area contributed by atoms with Gasteiger partial charge in [0.1, 0.15) is 0 Å². The van der Waals surface area contributed by atoms with Crippen LogP contribution in [0.5, 0.6) is 0 Å². The molecule has 0 heterocycles. The summed E-state index contributed by atoms with van der Waals surface area (Å²) in [6.45, 7) is 1.64. The summed E-state index contributed by atoms with van der Waals surface area (Å²) in [5.41, 5.74) is -0.286. The van der Waals surface area contributed by atoms with Gasteiger partial charge in [0.15, 0.2) is 0 Å². The molecule has 0 aliphatic rings. The van der Waals surface area contributed by atoms with Crippen LogP contribution in [0.15, 0.2) is 24.3 Å². The van der Waals surface area contributed by atoms with Gasteiger partial charge in [0.2, 0.25) is 11.8 Å². The number of benzene rings is 1. The zero-order valence-electron chi connectivity index (χ0n) is 13.6. The van der Waals surface area contributed by atoms with E-state index in [2.05, 4.69) is 0 Å². The Balaban J connectivity index is 2.74. The van der Waals surface area contributed by atoms with E-state index in [1.54, 1.807) is 27.1 Å². The molecule has 1 rings (SSSR count). The lowest BCUT2D eigenvalue weighted by molar-refractivity contribution is -0.138. The fourth-order valence-corrected chi connectivity index (χ4v) is 1.99. The largest absolute Gasteiger partial charge is 0.416 e. The second kappa shape index (κ2) is 7.48. The number of amides is 2. The number of carbonyl (C=O) groups excluding carboxylic acids is 2. The number of alkyl halides is 3. The number of carbonyl (C=O) groups is 2. The van der Waals surface area contributed by atoms with E-state index < -0.39 is 11.7 Å². The molecule has 1 aromatic rings. The van der Waals surface area contributed by atoms with Gasteiger partial charge in [-0.1, -0.05) is 25.1 Å². The lowest BCUT2D eigenvalue weighted by Gasteiger charge is -2.21. The van der Waals surface area contributed by atoms with Crippen molar-refractivity contribution in [1.29, 1.82) is 0 Å². The van der Waals surface area contributed by atoms with Crippen molar-refractivity contribution in [3.8, 4) is 0 Å². The average molecular weight is 330 g/mol. The van der Waals surface area contributed by atoms with E-state index in [0.717, 1.165) is 12.1 Å². The summed E-state index contributed by atoms with van der Waals surface area (Å²) in [6, 6.07) is 4.96. The van der Waals surface area contributed by atoms with E-state index >= 15 is 0 Å². The first-order chi connectivity index (χ1) is 10.5. The molecule has 0 radical (unpaired) electrons. The third-order valence-electron chi connectivity index (χ3n) is 3.56. The lowest BCUT2D eigenvalue weighted by atomic mass is 9.95. The third kappa shape index (κ3) is 5.58. The van der Waals surface area contributed by atoms with Gasteiger partial charge < -0.3 is 9.80 Å². The van der Waals surface area contributed by atoms with E-state index in [-0.39, 0.29) is 30.7 Å². The Labute approximate surface area is 133 Å². The number of rotatable bonds is 5. The van der Waals surface area contributed by atoms with Crippen LogP contribution >= 0.6 is 0 Å². The molecule has 128 valence electrons. The molecule has 23 heavy (non-hydrogen) atoms. The van der Waals surface area contributed by atoms with E-state index in [1.165, 1.54) is 22.9 Å². The maximum Gasteiger partial charge on any atom is 0.416 e. The highest BCUT2D eigenvalue weighted by Crippen LogP contribution is 2.31. The van der Waals surface area contributed by atoms with Gasteiger partial charge >= 0.3 is 6.18 Å². The van der Waals surface area contributed by atoms with Crippen LogP contribution in [-0.2, 0) is 15.8 Å². The molecule has 0 aliphatic carbocycles. The van der Waals surface area contributed by atoms with Crippen molar-refractivity contribution in [3.63, 3.8) is 0 Å². The molecule has 4 nitrogen and oxygen atoms in total. The summed E-state index contributed by atoms with van der Waals surface area (Å²) >= 11 is 0. The Morgan fingerprint density at radius 2 is 1.74 bits per heavy atom. The highest BCUT2D eigenvalue weighted by Gasteiger charge is 2.31. The standard InChI is InChI=1S/C16H21F3N2O2/c1-11(8-14(22)21(4)10-15(23)20(2)3)12-6-5-7-13(9-12)16(17,18)19/h5-7,9,11H,8,10H2,1-4H3/t11-/m1/s1. The lowest BCUT2D eigenvalue weighted by Crippen LogP contribution is -2.38. The van der Waals surface area contributed by atoms with Crippen molar-refractivity contribution in [3.05, 3.63) is 35.4 Å². The molecule has 0 fully saturated rings. The van der Waals surface area contributed by atoms with Gasteiger partial charge in [-0.2, -0.15) is 13.2 Å². The average Bonchev–Trinajstić information content (AvgIpc) is 2.46. The summed E-state index contributed by atoms with van der Waals surface area (Å²) in [7, 11) is 4.68. The van der Waals surface area contributed by atoms with Gasteiger partial charge in [-0.3, -0.25) is 9.59 Å². The van der Waals surface area contributed by atoms with E-state index in [1.807, 2.05) is 0 Å². The first-order valence-corrected chi connectivity index (χ1v) is 7.13. The number of likely N-dealkylation sites (N-methyl/N-ethyl adjacent to an activating group) is 2. The molecule has 7 heteroatoms. The predicted octanol–water partition coefficient (Wildman–Crippen LogP) is 2.75. The molecular formula is C16H21F3N2O2. The smallest absolute Gasteiger partial charge is 0.347 e. The van der Waals surface area contributed by atoms with Gasteiger partial charge in [-0.15, -0.1) is 0 Å². The summed E-state index contributed by atoms with van der Waals surface area (Å²) < 4.78 is 38.2. The summed E-state index contributed by atoms with van der Waals surface area (Å²) in [4.78, 5) is 26.3. The molecule has 0 unspecified atom stereocenters. The minimum atomic E-state index is -4.41. The number of halogens is 3. The minimum absolute atomic E-state index is 0.0402. The number of hydrogen-bond donors (Lipinski definition) is 0. The summed E-state index contributed by atoms with van der Waals surface area (Å²) in [5, 5.41) is 0. The van der Waals surface area contributed by atoms with Crippen LogP contribution in [0, 0.1) is 0 Å². The molecule has 0 aromatic heterocycles. The Bertz CT molecular complexity index is 571. The minimum Gasteiger partial charge on any atom is -0.347 e. The van der Waals surface area contributed by atoms with Crippen LogP contribution in [0.3, 0.4) is 0 Å². The molecule has 0 bridgehead atoms. The van der Waals surface area contributed by atoms with Crippen molar-refractivity contribution in [2.75, 3.05) is 27.7 Å². The topological polar surface area (TPSA) is 40.6 Å². The maximum atomic E-state index is 12.7. The van der Waals surface area contributed by atoms with Crippen molar-refractivity contribution in [2.24, 2.45) is 0 Å². The quantitative estimate of drug-likeness (QED) is 0.833. The number of hydrogen-bond acceptors (Lipinski definition) is 2. The zero-order valence-corrected chi connectivity index (χ0v) is 13.6. The third-order valence-corrected chi connectivity index (χ3v) is 3.56. The SMILES string of the molecule is C[C@H](CC(=O)N(C)CC(=O)N(C)C)c1cccc(C(F)(F)F)c1. The molecule has 0 N–H and O–H groups in total. The van der Waals surface area contributed by atoms with Gasteiger partial charge in [0.25, 0.3) is 0 Å². The van der Waals surface area contributed by atoms with Gasteiger partial charge in [0, 0.05) is 27.6 Å². The van der Waals surface area contributed by atoms with Crippen LogP contribution in [0.25, 0.3) is 0 Å². The summed E-state index contributed by atoms with van der Waals surface area (Å²) in [6.07, 6.45) is -4.37. The van der Waals surface area contributed by atoms with Gasteiger partial charge in [0.05, 0.1) is 12.1 Å². The zero-order chi connectivity index (χ0) is 17.8. The maximum absolute atomic E-state index is 12.7. The predicted molar refractivity (Wildman–Crippen MR) is 80.8 cm³/mol. The van der Waals surface area contributed by atoms with E-state index in [4.69, 9.17) is 0 Å². The van der Waals surface area contributed by atoms with Crippen LogP contribution in [0.4, 0.5) is 13.2 Å². The molecule has 1 aromatic carbocycles. The fourth-order valence-electron chi connectivity index (χ4n) is 1.99. The van der Waals surface area contributed by atoms with Crippen LogP contribution in [0.2, 0.25) is 0 Å². The Morgan fingerprint density at radius 1 is 1.13 bits per heavy atom. The highest BCUT2D eigenvalue weighted by atomic mass is 19.4. The van der Waals surface area contributed by atoms with Crippen molar-refractivity contribution >= 4 is 11.8 Å². The van der Waals surface area contributed by atoms with E-state index in [0.29, 0.717) is 5.56 Å². The number of nitrogens with zero attached hydrogens (tertiary/aromatic N) is 2. The molecule has 0 saturated heterocycles. The molecular weight excluding hydrogens is 309 g/mol. The fraction of sp³-hybridized carbons (Fsp3) is 0.500. The molecule has 0 saturated carbocycles. The van der Waals surface area contributed by atoms with Crippen LogP contribution < -0.4 is 0 Å². The van der Waals surface area contributed by atoms with E-state index in [9.17, 15) is 22.8 Å². The molecule has 1 atom stereocenters. The second-order valence-corrected chi connectivity index (χ2v) is 5.77. The highest BCUT2D eigenvalue weighted by molar-refractivity contribution is 5.84. The normalized spacial score (nSPS) is 12.7. The van der Waals surface area contributed by atoms with Crippen molar-refractivity contribution < 1.29 is 22.8 Å². The van der Waals surface area contributed by atoms with Crippen LogP contribution in [0.1, 0.15) is 30.4 Å². The van der Waals surface area contributed by atoms with Gasteiger partial charge in [-0.25, -0.2) is 0 Å². The Kier molecular flexibility index (Phi) is 6.18. The second-order valence-electron chi connectivity index (χ2n) is 5.77. The first-order valence-electron chi connectivity index (χ1n) is 7.13. The first kappa shape index (κ1) is 19.0.